The van der Waals surface area contributed by atoms with Crippen LogP contribution in [0.5, 0.6) is 0 Å². The number of nitrogens with zero attached hydrogens (tertiary/aromatic N) is 2. The summed E-state index contributed by atoms with van der Waals surface area (Å²) in [7, 11) is -3.97. The maximum Gasteiger partial charge on any atom is 0.300 e. The molecule has 0 unspecified atom stereocenters. The summed E-state index contributed by atoms with van der Waals surface area (Å²) in [5.74, 6) is 0.0894. The molecule has 20 heavy (non-hydrogen) atoms. The minimum absolute atomic E-state index is 0.0894. The molecule has 0 radical (unpaired) electrons. The molecule has 0 aromatic carbocycles. The van der Waals surface area contributed by atoms with Gasteiger partial charge in [-0.3, -0.25) is 14.8 Å². The number of pyridine rings is 1. The molecule has 0 fully saturated rings. The Balaban J connectivity index is 2.36. The van der Waals surface area contributed by atoms with Crippen molar-refractivity contribution in [3.63, 3.8) is 0 Å². The summed E-state index contributed by atoms with van der Waals surface area (Å²) < 4.78 is 26.3. The Bertz CT molecular complexity index is 777. The van der Waals surface area contributed by atoms with Crippen LogP contribution in [0.25, 0.3) is 0 Å². The summed E-state index contributed by atoms with van der Waals surface area (Å²) in [6.45, 7) is 0. The molecule has 11 heteroatoms. The van der Waals surface area contributed by atoms with Crippen LogP contribution in [0.4, 0.5) is 11.5 Å². The van der Waals surface area contributed by atoms with Crippen LogP contribution < -0.4 is 4.72 Å². The molecule has 0 saturated heterocycles. The van der Waals surface area contributed by atoms with Gasteiger partial charge < -0.3 is 0 Å². The molecule has 7 nitrogen and oxygen atoms in total. The van der Waals surface area contributed by atoms with Gasteiger partial charge in [-0.2, -0.15) is 0 Å². The summed E-state index contributed by atoms with van der Waals surface area (Å²) in [5.41, 5.74) is -0.445. The third kappa shape index (κ3) is 3.26. The largest absolute Gasteiger partial charge is 0.300 e. The summed E-state index contributed by atoms with van der Waals surface area (Å²) >= 11 is 9.35. The molecule has 106 valence electrons. The number of hydrogen-bond donors (Lipinski definition) is 1. The molecule has 0 aliphatic heterocycles. The van der Waals surface area contributed by atoms with Gasteiger partial charge in [0, 0.05) is 6.07 Å². The van der Waals surface area contributed by atoms with E-state index in [1.807, 2.05) is 0 Å². The van der Waals surface area contributed by atoms with E-state index in [0.717, 1.165) is 6.07 Å². The summed E-state index contributed by atoms with van der Waals surface area (Å²) in [6, 6.07) is 5.59. The Morgan fingerprint density at radius 1 is 1.45 bits per heavy atom. The fourth-order valence-electron chi connectivity index (χ4n) is 1.25. The van der Waals surface area contributed by atoms with E-state index in [1.54, 1.807) is 12.1 Å². The zero-order valence-electron chi connectivity index (χ0n) is 9.41. The number of thiophene rings is 1. The first-order valence-corrected chi connectivity index (χ1v) is 8.36. The van der Waals surface area contributed by atoms with Gasteiger partial charge in [0.1, 0.15) is 14.6 Å². The molecule has 0 aliphatic carbocycles. The molecule has 0 saturated carbocycles. The van der Waals surface area contributed by atoms with Crippen molar-refractivity contribution in [3.05, 3.63) is 43.3 Å². The van der Waals surface area contributed by atoms with E-state index >= 15 is 0 Å². The lowest BCUT2D eigenvalue weighted by Gasteiger charge is -2.04. The van der Waals surface area contributed by atoms with Gasteiger partial charge in [0.15, 0.2) is 4.34 Å². The van der Waals surface area contributed by atoms with E-state index in [1.165, 1.54) is 6.07 Å². The lowest BCUT2D eigenvalue weighted by atomic mass is 10.5. The minimum Gasteiger partial charge on any atom is -0.263 e. The van der Waals surface area contributed by atoms with Crippen LogP contribution in [-0.4, -0.2) is 18.3 Å². The number of hydrogen-bond acceptors (Lipinski definition) is 6. The Hall–Kier alpha value is -1.23. The molecule has 0 bridgehead atoms. The lowest BCUT2D eigenvalue weighted by molar-refractivity contribution is -0.384. The van der Waals surface area contributed by atoms with Crippen LogP contribution in [0, 0.1) is 10.1 Å². The standard InChI is InChI=1S/C9H5BrClN3O4S2/c10-6-2-1-3-7(12-6)13-20(17,18)8-4-5(14(15)16)9(11)19-8/h1-4H,(H,12,13). The summed E-state index contributed by atoms with van der Waals surface area (Å²) in [5, 5.41) is 10.7. The van der Waals surface area contributed by atoms with Crippen molar-refractivity contribution in [2.75, 3.05) is 4.72 Å². The van der Waals surface area contributed by atoms with Crippen molar-refractivity contribution in [1.82, 2.24) is 4.98 Å². The highest BCUT2D eigenvalue weighted by Gasteiger charge is 2.25. The number of anilines is 1. The molecule has 2 aromatic rings. The predicted molar refractivity (Wildman–Crippen MR) is 78.7 cm³/mol. The molecule has 0 amide bonds. The van der Waals surface area contributed by atoms with E-state index < -0.39 is 20.6 Å². The van der Waals surface area contributed by atoms with Crippen molar-refractivity contribution < 1.29 is 13.3 Å². The quantitative estimate of drug-likeness (QED) is 0.484. The smallest absolute Gasteiger partial charge is 0.263 e. The number of nitro groups is 1. The first kappa shape index (κ1) is 15.2. The number of nitrogens with one attached hydrogen (secondary N) is 1. The molecular formula is C9H5BrClN3O4S2. The highest BCUT2D eigenvalue weighted by atomic mass is 79.9. The monoisotopic (exact) mass is 397 g/mol. The predicted octanol–water partition coefficient (Wildman–Crippen LogP) is 3.27. The average molecular weight is 399 g/mol. The summed E-state index contributed by atoms with van der Waals surface area (Å²) in [6.07, 6.45) is 0. The first-order valence-electron chi connectivity index (χ1n) is 4.89. The van der Waals surface area contributed by atoms with Crippen molar-refractivity contribution in [3.8, 4) is 0 Å². The number of sulfonamides is 1. The second kappa shape index (κ2) is 5.64. The third-order valence-electron chi connectivity index (χ3n) is 2.06. The van der Waals surface area contributed by atoms with Crippen LogP contribution in [0.2, 0.25) is 4.34 Å². The maximum absolute atomic E-state index is 12.1. The number of rotatable bonds is 4. The van der Waals surface area contributed by atoms with Gasteiger partial charge in [0.05, 0.1) is 4.92 Å². The SMILES string of the molecule is O=[N+]([O-])c1cc(S(=O)(=O)Nc2cccc(Br)n2)sc1Cl. The van der Waals surface area contributed by atoms with E-state index in [0.29, 0.717) is 15.9 Å². The fourth-order valence-corrected chi connectivity index (χ4v) is 4.26. The van der Waals surface area contributed by atoms with Gasteiger partial charge in [-0.1, -0.05) is 17.7 Å². The minimum atomic E-state index is -3.97. The van der Waals surface area contributed by atoms with Gasteiger partial charge in [-0.25, -0.2) is 13.4 Å². The Morgan fingerprint density at radius 2 is 2.15 bits per heavy atom. The Labute approximate surface area is 130 Å². The molecule has 0 aliphatic rings. The van der Waals surface area contributed by atoms with Crippen molar-refractivity contribution in [2.24, 2.45) is 0 Å². The highest BCUT2D eigenvalue weighted by Crippen LogP contribution is 2.36. The Morgan fingerprint density at radius 3 is 2.70 bits per heavy atom. The van der Waals surface area contributed by atoms with Crippen LogP contribution in [0.1, 0.15) is 0 Å². The molecule has 1 N–H and O–H groups in total. The molecule has 0 atom stereocenters. The van der Waals surface area contributed by atoms with Gasteiger partial charge in [0.25, 0.3) is 15.7 Å². The normalized spacial score (nSPS) is 11.3. The van der Waals surface area contributed by atoms with Crippen LogP contribution in [0.3, 0.4) is 0 Å². The second-order valence-electron chi connectivity index (χ2n) is 3.43. The van der Waals surface area contributed by atoms with E-state index in [2.05, 4.69) is 25.6 Å². The van der Waals surface area contributed by atoms with Crippen LogP contribution >= 0.6 is 38.9 Å². The van der Waals surface area contributed by atoms with Gasteiger partial charge in [-0.15, -0.1) is 11.3 Å². The van der Waals surface area contributed by atoms with Gasteiger partial charge >= 0.3 is 0 Å². The van der Waals surface area contributed by atoms with Gasteiger partial charge in [0.2, 0.25) is 0 Å². The molecule has 2 rings (SSSR count). The summed E-state index contributed by atoms with van der Waals surface area (Å²) in [4.78, 5) is 13.8. The lowest BCUT2D eigenvalue weighted by Crippen LogP contribution is -2.12. The average Bonchev–Trinajstić information content (AvgIpc) is 2.71. The van der Waals surface area contributed by atoms with Crippen molar-refractivity contribution in [1.29, 1.82) is 0 Å². The Kier molecular flexibility index (Phi) is 4.28. The highest BCUT2D eigenvalue weighted by molar-refractivity contribution is 9.10. The van der Waals surface area contributed by atoms with E-state index in [-0.39, 0.29) is 14.4 Å². The topological polar surface area (TPSA) is 102 Å². The van der Waals surface area contributed by atoms with Crippen molar-refractivity contribution >= 4 is 60.4 Å². The second-order valence-corrected chi connectivity index (χ2v) is 7.81. The van der Waals surface area contributed by atoms with Crippen LogP contribution in [0.15, 0.2) is 33.1 Å². The molecule has 2 heterocycles. The molecule has 0 spiro atoms. The first-order chi connectivity index (χ1) is 9.29. The third-order valence-corrected chi connectivity index (χ3v) is 5.67. The van der Waals surface area contributed by atoms with Gasteiger partial charge in [-0.05, 0) is 28.1 Å². The van der Waals surface area contributed by atoms with E-state index in [9.17, 15) is 18.5 Å². The van der Waals surface area contributed by atoms with Crippen LogP contribution in [-0.2, 0) is 10.0 Å². The molecule has 2 aromatic heterocycles. The fraction of sp³-hybridized carbons (Fsp3) is 0. The van der Waals surface area contributed by atoms with Crippen molar-refractivity contribution in [2.45, 2.75) is 4.21 Å². The van der Waals surface area contributed by atoms with E-state index in [4.69, 9.17) is 11.6 Å². The number of halogens is 2. The molecular weight excluding hydrogens is 394 g/mol. The number of aromatic nitrogens is 1. The maximum atomic E-state index is 12.1. The zero-order valence-corrected chi connectivity index (χ0v) is 13.4. The zero-order chi connectivity index (χ0) is 14.9.